The molecular weight excluding hydrogens is 238 g/mol. The lowest BCUT2D eigenvalue weighted by Gasteiger charge is -2.42. The van der Waals surface area contributed by atoms with E-state index in [0.29, 0.717) is 0 Å². The molecule has 0 aromatic heterocycles. The molecule has 0 heterocycles. The van der Waals surface area contributed by atoms with Crippen LogP contribution in [0.1, 0.15) is 37.7 Å². The van der Waals surface area contributed by atoms with Gasteiger partial charge in [0.25, 0.3) is 0 Å². The Bertz CT molecular complexity index is 379. The second-order valence-electron chi connectivity index (χ2n) is 5.59. The molecule has 0 bridgehead atoms. The standard InChI is InChI=1S/C16H25NO2/c1-18-15-8-5-13(6-9-15)4-7-14(17)12-16(19-2)10-3-11-16/h5-6,8-9,14H,3-4,7,10-12,17H2,1-2H3. The first-order valence-corrected chi connectivity index (χ1v) is 7.11. The second-order valence-corrected chi connectivity index (χ2v) is 5.59. The van der Waals surface area contributed by atoms with Crippen LogP contribution in [-0.4, -0.2) is 25.9 Å². The molecule has 2 rings (SSSR count). The monoisotopic (exact) mass is 263 g/mol. The molecule has 1 aromatic rings. The van der Waals surface area contributed by atoms with E-state index in [4.69, 9.17) is 15.2 Å². The lowest BCUT2D eigenvalue weighted by atomic mass is 9.75. The Balaban J connectivity index is 1.77. The van der Waals surface area contributed by atoms with Crippen LogP contribution >= 0.6 is 0 Å². The van der Waals surface area contributed by atoms with Crippen molar-refractivity contribution in [2.45, 2.75) is 50.2 Å². The number of rotatable bonds is 7. The minimum Gasteiger partial charge on any atom is -0.497 e. The third-order valence-electron chi connectivity index (χ3n) is 4.29. The number of benzene rings is 1. The van der Waals surface area contributed by atoms with Crippen LogP contribution in [0.2, 0.25) is 0 Å². The maximum absolute atomic E-state index is 6.24. The van der Waals surface area contributed by atoms with Gasteiger partial charge in [-0.1, -0.05) is 12.1 Å². The van der Waals surface area contributed by atoms with Crippen molar-refractivity contribution in [1.29, 1.82) is 0 Å². The summed E-state index contributed by atoms with van der Waals surface area (Å²) in [6, 6.07) is 8.46. The molecule has 1 fully saturated rings. The van der Waals surface area contributed by atoms with Crippen LogP contribution in [0, 0.1) is 0 Å². The van der Waals surface area contributed by atoms with Crippen molar-refractivity contribution in [3.05, 3.63) is 29.8 Å². The molecule has 2 N–H and O–H groups in total. The van der Waals surface area contributed by atoms with E-state index >= 15 is 0 Å². The van der Waals surface area contributed by atoms with Gasteiger partial charge in [-0.15, -0.1) is 0 Å². The van der Waals surface area contributed by atoms with Crippen molar-refractivity contribution in [1.82, 2.24) is 0 Å². The molecule has 0 saturated heterocycles. The summed E-state index contributed by atoms with van der Waals surface area (Å²) in [6.45, 7) is 0. The summed E-state index contributed by atoms with van der Waals surface area (Å²) in [5.41, 5.74) is 7.64. The zero-order valence-corrected chi connectivity index (χ0v) is 12.0. The lowest BCUT2D eigenvalue weighted by molar-refractivity contribution is -0.0817. The summed E-state index contributed by atoms with van der Waals surface area (Å²) < 4.78 is 10.8. The van der Waals surface area contributed by atoms with Crippen molar-refractivity contribution >= 4 is 0 Å². The van der Waals surface area contributed by atoms with Crippen LogP contribution < -0.4 is 10.5 Å². The molecule has 1 aromatic carbocycles. The number of hydrogen-bond acceptors (Lipinski definition) is 3. The van der Waals surface area contributed by atoms with Crippen LogP contribution in [0.3, 0.4) is 0 Å². The highest BCUT2D eigenvalue weighted by atomic mass is 16.5. The summed E-state index contributed by atoms with van der Waals surface area (Å²) in [7, 11) is 3.50. The third kappa shape index (κ3) is 3.71. The molecule has 1 saturated carbocycles. The third-order valence-corrected chi connectivity index (χ3v) is 4.29. The quantitative estimate of drug-likeness (QED) is 0.822. The first-order chi connectivity index (χ1) is 9.17. The Hall–Kier alpha value is -1.06. The van der Waals surface area contributed by atoms with E-state index in [1.165, 1.54) is 24.8 Å². The van der Waals surface area contributed by atoms with Gasteiger partial charge in [-0.05, 0) is 56.2 Å². The van der Waals surface area contributed by atoms with Gasteiger partial charge in [0.05, 0.1) is 12.7 Å². The van der Waals surface area contributed by atoms with E-state index in [1.807, 2.05) is 19.2 Å². The lowest BCUT2D eigenvalue weighted by Crippen LogP contribution is -2.44. The smallest absolute Gasteiger partial charge is 0.118 e. The zero-order chi connectivity index (χ0) is 13.7. The van der Waals surface area contributed by atoms with Crippen LogP contribution in [0.25, 0.3) is 0 Å². The highest BCUT2D eigenvalue weighted by Crippen LogP contribution is 2.39. The van der Waals surface area contributed by atoms with E-state index < -0.39 is 0 Å². The summed E-state index contributed by atoms with van der Waals surface area (Å²) >= 11 is 0. The summed E-state index contributed by atoms with van der Waals surface area (Å²) in [6.07, 6.45) is 6.63. The Morgan fingerprint density at radius 3 is 2.37 bits per heavy atom. The topological polar surface area (TPSA) is 44.5 Å². The number of ether oxygens (including phenoxy) is 2. The fraction of sp³-hybridized carbons (Fsp3) is 0.625. The van der Waals surface area contributed by atoms with Gasteiger partial charge >= 0.3 is 0 Å². The molecule has 3 nitrogen and oxygen atoms in total. The van der Waals surface area contributed by atoms with Gasteiger partial charge in [0.15, 0.2) is 0 Å². The van der Waals surface area contributed by atoms with Crippen LogP contribution in [0.15, 0.2) is 24.3 Å². The van der Waals surface area contributed by atoms with Gasteiger partial charge in [0.2, 0.25) is 0 Å². The molecule has 1 unspecified atom stereocenters. The van der Waals surface area contributed by atoms with E-state index in [-0.39, 0.29) is 11.6 Å². The molecular formula is C16H25NO2. The molecule has 0 spiro atoms. The molecule has 19 heavy (non-hydrogen) atoms. The van der Waals surface area contributed by atoms with Gasteiger partial charge < -0.3 is 15.2 Å². The number of methoxy groups -OCH3 is 2. The highest BCUT2D eigenvalue weighted by molar-refractivity contribution is 5.27. The number of nitrogens with two attached hydrogens (primary N) is 1. The summed E-state index contributed by atoms with van der Waals surface area (Å²) in [4.78, 5) is 0. The normalized spacial score (nSPS) is 18.7. The molecule has 1 aliphatic carbocycles. The Morgan fingerprint density at radius 2 is 1.89 bits per heavy atom. The van der Waals surface area contributed by atoms with Gasteiger partial charge in [0.1, 0.15) is 5.75 Å². The Kier molecular flexibility index (Phi) is 4.83. The fourth-order valence-corrected chi connectivity index (χ4v) is 2.79. The average molecular weight is 263 g/mol. The van der Waals surface area contributed by atoms with E-state index in [0.717, 1.165) is 25.0 Å². The molecule has 0 radical (unpaired) electrons. The van der Waals surface area contributed by atoms with Gasteiger partial charge in [-0.25, -0.2) is 0 Å². The van der Waals surface area contributed by atoms with Gasteiger partial charge in [-0.2, -0.15) is 0 Å². The SMILES string of the molecule is COc1ccc(CCC(N)CC2(OC)CCC2)cc1. The highest BCUT2D eigenvalue weighted by Gasteiger charge is 2.38. The summed E-state index contributed by atoms with van der Waals surface area (Å²) in [5.74, 6) is 0.904. The predicted octanol–water partition coefficient (Wildman–Crippen LogP) is 2.91. The minimum atomic E-state index is 0.0827. The van der Waals surface area contributed by atoms with E-state index in [2.05, 4.69) is 12.1 Å². The molecule has 106 valence electrons. The maximum Gasteiger partial charge on any atom is 0.118 e. The van der Waals surface area contributed by atoms with Gasteiger partial charge in [0, 0.05) is 13.2 Å². The number of hydrogen-bond donors (Lipinski definition) is 1. The van der Waals surface area contributed by atoms with E-state index in [9.17, 15) is 0 Å². The van der Waals surface area contributed by atoms with Crippen LogP contribution in [0.4, 0.5) is 0 Å². The maximum atomic E-state index is 6.24. The van der Waals surface area contributed by atoms with Crippen molar-refractivity contribution in [3.63, 3.8) is 0 Å². The molecule has 3 heteroatoms. The van der Waals surface area contributed by atoms with Crippen molar-refractivity contribution < 1.29 is 9.47 Å². The molecule has 1 aliphatic rings. The number of aryl methyl sites for hydroxylation is 1. The fourth-order valence-electron chi connectivity index (χ4n) is 2.79. The van der Waals surface area contributed by atoms with Crippen molar-refractivity contribution in [3.8, 4) is 5.75 Å². The second kappa shape index (κ2) is 6.40. The van der Waals surface area contributed by atoms with Crippen LogP contribution in [-0.2, 0) is 11.2 Å². The predicted molar refractivity (Wildman–Crippen MR) is 77.5 cm³/mol. The largest absolute Gasteiger partial charge is 0.497 e. The molecule has 1 atom stereocenters. The average Bonchev–Trinajstić information content (AvgIpc) is 2.41. The van der Waals surface area contributed by atoms with Crippen molar-refractivity contribution in [2.24, 2.45) is 5.73 Å². The first-order valence-electron chi connectivity index (χ1n) is 7.11. The van der Waals surface area contributed by atoms with Gasteiger partial charge in [-0.3, -0.25) is 0 Å². The molecule has 0 amide bonds. The Labute approximate surface area is 116 Å². The minimum absolute atomic E-state index is 0.0827. The van der Waals surface area contributed by atoms with E-state index in [1.54, 1.807) is 7.11 Å². The van der Waals surface area contributed by atoms with Crippen molar-refractivity contribution in [2.75, 3.05) is 14.2 Å². The molecule has 0 aliphatic heterocycles. The zero-order valence-electron chi connectivity index (χ0n) is 12.0. The Morgan fingerprint density at radius 1 is 1.21 bits per heavy atom. The first kappa shape index (κ1) is 14.4. The van der Waals surface area contributed by atoms with Crippen LogP contribution in [0.5, 0.6) is 5.75 Å². The summed E-state index contributed by atoms with van der Waals surface area (Å²) in [5, 5.41) is 0.